The average Bonchev–Trinajstić information content (AvgIpc) is 3.42. The molecule has 0 aliphatic heterocycles. The smallest absolute Gasteiger partial charge is 0.191 e. The van der Waals surface area contributed by atoms with Crippen molar-refractivity contribution >= 4 is 5.96 Å². The number of rotatable bonds is 9. The predicted molar refractivity (Wildman–Crippen MR) is 122 cm³/mol. The molecule has 0 saturated heterocycles. The van der Waals surface area contributed by atoms with E-state index in [0.717, 1.165) is 35.7 Å². The van der Waals surface area contributed by atoms with E-state index in [2.05, 4.69) is 15.6 Å². The average molecular weight is 430 g/mol. The highest BCUT2D eigenvalue weighted by atomic mass is 16.5. The van der Waals surface area contributed by atoms with E-state index >= 15 is 0 Å². The van der Waals surface area contributed by atoms with Gasteiger partial charge in [-0.25, -0.2) is 4.99 Å². The third-order valence-corrected chi connectivity index (χ3v) is 5.46. The van der Waals surface area contributed by atoms with E-state index in [9.17, 15) is 5.11 Å². The van der Waals surface area contributed by atoms with E-state index in [4.69, 9.17) is 13.9 Å². The highest BCUT2D eigenvalue weighted by molar-refractivity contribution is 5.79. The van der Waals surface area contributed by atoms with Crippen LogP contribution in [-0.2, 0) is 12.1 Å². The number of furan rings is 1. The summed E-state index contributed by atoms with van der Waals surface area (Å²) in [6.07, 6.45) is 4.88. The summed E-state index contributed by atoms with van der Waals surface area (Å²) < 4.78 is 17.2. The van der Waals surface area contributed by atoms with Gasteiger partial charge in [0.15, 0.2) is 17.5 Å². The number of ether oxygens (including phenoxy) is 2. The summed E-state index contributed by atoms with van der Waals surface area (Å²) in [7, 11) is 1.66. The van der Waals surface area contributed by atoms with Gasteiger partial charge in [0, 0.05) is 6.54 Å². The topological polar surface area (TPSA) is 88.3 Å². The molecule has 1 aliphatic rings. The van der Waals surface area contributed by atoms with Crippen molar-refractivity contribution in [1.29, 1.82) is 0 Å². The molecular weight excluding hydrogens is 394 g/mol. The van der Waals surface area contributed by atoms with Gasteiger partial charge in [-0.15, -0.1) is 0 Å². The first kappa shape index (κ1) is 23.0. The second-order valence-corrected chi connectivity index (χ2v) is 8.24. The highest BCUT2D eigenvalue weighted by Crippen LogP contribution is 2.32. The second-order valence-electron chi connectivity index (χ2n) is 8.24. The number of aliphatic imine (C=N–C) groups is 1. The van der Waals surface area contributed by atoms with Gasteiger partial charge in [0.2, 0.25) is 0 Å². The lowest BCUT2D eigenvalue weighted by Gasteiger charge is -2.23. The maximum atomic E-state index is 10.8. The van der Waals surface area contributed by atoms with Gasteiger partial charge in [-0.2, -0.15) is 0 Å². The number of hydrogen-bond donors (Lipinski definition) is 3. The number of hydrogen-bond acceptors (Lipinski definition) is 5. The molecule has 0 bridgehead atoms. The zero-order valence-electron chi connectivity index (χ0n) is 19.0. The summed E-state index contributed by atoms with van der Waals surface area (Å²) in [5, 5.41) is 17.2. The SMILES string of the molecule is CCNC(=NCc1ccc(OC)c(OC2CCCC2)c1)NCC(C)(O)c1ccc(C)o1. The first-order valence-electron chi connectivity index (χ1n) is 11.1. The number of aliphatic hydroxyl groups is 1. The molecule has 31 heavy (non-hydrogen) atoms. The Kier molecular flexibility index (Phi) is 7.85. The van der Waals surface area contributed by atoms with E-state index in [-0.39, 0.29) is 12.6 Å². The van der Waals surface area contributed by atoms with Crippen molar-refractivity contribution in [3.63, 3.8) is 0 Å². The summed E-state index contributed by atoms with van der Waals surface area (Å²) in [5.74, 6) is 3.44. The van der Waals surface area contributed by atoms with Crippen molar-refractivity contribution in [2.24, 2.45) is 4.99 Å². The molecule has 1 saturated carbocycles. The molecule has 1 fully saturated rings. The summed E-state index contributed by atoms with van der Waals surface area (Å²) >= 11 is 0. The van der Waals surface area contributed by atoms with Crippen LogP contribution >= 0.6 is 0 Å². The maximum absolute atomic E-state index is 10.8. The molecule has 0 spiro atoms. The molecule has 0 radical (unpaired) electrons. The van der Waals surface area contributed by atoms with Gasteiger partial charge in [0.05, 0.1) is 26.3 Å². The van der Waals surface area contributed by atoms with Crippen LogP contribution in [0.3, 0.4) is 0 Å². The van der Waals surface area contributed by atoms with E-state index < -0.39 is 5.60 Å². The Morgan fingerprint density at radius 1 is 1.19 bits per heavy atom. The van der Waals surface area contributed by atoms with Gasteiger partial charge in [0.25, 0.3) is 0 Å². The highest BCUT2D eigenvalue weighted by Gasteiger charge is 2.27. The van der Waals surface area contributed by atoms with Crippen LogP contribution in [0.25, 0.3) is 0 Å². The summed E-state index contributed by atoms with van der Waals surface area (Å²) in [6, 6.07) is 9.57. The zero-order chi connectivity index (χ0) is 22.3. The van der Waals surface area contributed by atoms with Crippen LogP contribution in [0.4, 0.5) is 0 Å². The minimum atomic E-state index is -1.15. The lowest BCUT2D eigenvalue weighted by atomic mass is 10.0. The predicted octanol–water partition coefficient (Wildman–Crippen LogP) is 3.88. The first-order chi connectivity index (χ1) is 14.9. The molecule has 170 valence electrons. The van der Waals surface area contributed by atoms with Crippen molar-refractivity contribution in [2.45, 2.75) is 64.7 Å². The summed E-state index contributed by atoms with van der Waals surface area (Å²) in [5.41, 5.74) is -0.119. The van der Waals surface area contributed by atoms with E-state index in [1.165, 1.54) is 12.8 Å². The molecular formula is C24H35N3O4. The van der Waals surface area contributed by atoms with E-state index in [1.807, 2.05) is 38.1 Å². The fourth-order valence-electron chi connectivity index (χ4n) is 3.68. The Morgan fingerprint density at radius 2 is 1.97 bits per heavy atom. The molecule has 2 aromatic rings. The van der Waals surface area contributed by atoms with Crippen molar-refractivity contribution in [2.75, 3.05) is 20.2 Å². The van der Waals surface area contributed by atoms with Gasteiger partial charge in [-0.05, 0) is 76.3 Å². The molecule has 1 atom stereocenters. The monoisotopic (exact) mass is 429 g/mol. The Hall–Kier alpha value is -2.67. The largest absolute Gasteiger partial charge is 0.493 e. The second kappa shape index (κ2) is 10.6. The maximum Gasteiger partial charge on any atom is 0.191 e. The Labute approximate surface area is 184 Å². The number of aryl methyl sites for hydroxylation is 1. The van der Waals surface area contributed by atoms with E-state index in [0.29, 0.717) is 24.8 Å². The number of guanidine groups is 1. The van der Waals surface area contributed by atoms with Crippen molar-refractivity contribution in [1.82, 2.24) is 10.6 Å². The third kappa shape index (κ3) is 6.40. The number of methoxy groups -OCH3 is 1. The molecule has 1 aromatic carbocycles. The van der Waals surface area contributed by atoms with Gasteiger partial charge in [-0.3, -0.25) is 0 Å². The fraction of sp³-hybridized carbons (Fsp3) is 0.542. The molecule has 0 amide bonds. The number of benzene rings is 1. The van der Waals surface area contributed by atoms with Crippen molar-refractivity contribution in [3.05, 3.63) is 47.4 Å². The summed E-state index contributed by atoms with van der Waals surface area (Å²) in [6.45, 7) is 7.04. The van der Waals surface area contributed by atoms with Crippen LogP contribution < -0.4 is 20.1 Å². The van der Waals surface area contributed by atoms with E-state index in [1.54, 1.807) is 20.1 Å². The standard InChI is InChI=1S/C24H35N3O4/c1-5-25-23(27-16-24(3,28)22-13-10-17(2)30-22)26-15-18-11-12-20(29-4)21(14-18)31-19-8-6-7-9-19/h10-14,19,28H,5-9,15-16H2,1-4H3,(H2,25,26,27). The van der Waals surface area contributed by atoms with Gasteiger partial charge in [-0.1, -0.05) is 6.07 Å². The molecule has 7 nitrogen and oxygen atoms in total. The minimum Gasteiger partial charge on any atom is -0.493 e. The molecule has 1 unspecified atom stereocenters. The van der Waals surface area contributed by atoms with Gasteiger partial charge in [0.1, 0.15) is 17.1 Å². The van der Waals surface area contributed by atoms with Crippen molar-refractivity contribution < 1.29 is 19.0 Å². The summed E-state index contributed by atoms with van der Waals surface area (Å²) in [4.78, 5) is 4.67. The van der Waals surface area contributed by atoms with Gasteiger partial charge >= 0.3 is 0 Å². The van der Waals surface area contributed by atoms with Crippen LogP contribution in [-0.4, -0.2) is 37.4 Å². The van der Waals surface area contributed by atoms with Crippen LogP contribution in [0.5, 0.6) is 11.5 Å². The zero-order valence-corrected chi connectivity index (χ0v) is 19.0. The lowest BCUT2D eigenvalue weighted by Crippen LogP contribution is -2.44. The third-order valence-electron chi connectivity index (χ3n) is 5.46. The quantitative estimate of drug-likeness (QED) is 0.414. The first-order valence-corrected chi connectivity index (χ1v) is 11.1. The molecule has 3 N–H and O–H groups in total. The van der Waals surface area contributed by atoms with Gasteiger partial charge < -0.3 is 29.6 Å². The minimum absolute atomic E-state index is 0.263. The molecule has 1 heterocycles. The van der Waals surface area contributed by atoms with Crippen LogP contribution in [0.2, 0.25) is 0 Å². The molecule has 3 rings (SSSR count). The Balaban J connectivity index is 1.66. The normalized spacial score (nSPS) is 16.7. The molecule has 1 aliphatic carbocycles. The molecule has 7 heteroatoms. The Morgan fingerprint density at radius 3 is 2.61 bits per heavy atom. The number of nitrogens with one attached hydrogen (secondary N) is 2. The van der Waals surface area contributed by atoms with Crippen molar-refractivity contribution in [3.8, 4) is 11.5 Å². The van der Waals surface area contributed by atoms with Crippen LogP contribution in [0.1, 0.15) is 56.6 Å². The Bertz CT molecular complexity index is 869. The number of nitrogens with zero attached hydrogens (tertiary/aromatic N) is 1. The van der Waals surface area contributed by atoms with Crippen LogP contribution in [0.15, 0.2) is 39.7 Å². The fourth-order valence-corrected chi connectivity index (χ4v) is 3.68. The lowest BCUT2D eigenvalue weighted by molar-refractivity contribution is 0.0378. The molecule has 1 aromatic heterocycles. The van der Waals surface area contributed by atoms with Crippen LogP contribution in [0, 0.1) is 6.92 Å².